The van der Waals surface area contributed by atoms with Gasteiger partial charge in [0.05, 0.1) is 6.61 Å². The minimum absolute atomic E-state index is 0.313. The third-order valence-corrected chi connectivity index (χ3v) is 7.77. The summed E-state index contributed by atoms with van der Waals surface area (Å²) in [5.41, 5.74) is 0. The maximum Gasteiger partial charge on any atom is 0.460 e. The molecule has 3 aliphatic rings. The van der Waals surface area contributed by atoms with Crippen molar-refractivity contribution in [3.63, 3.8) is 0 Å². The molecule has 3 fully saturated rings. The highest BCUT2D eigenvalue weighted by atomic mass is 127. The van der Waals surface area contributed by atoms with E-state index in [1.54, 1.807) is 0 Å². The number of fused-ring (bicyclic) bond motifs is 1. The van der Waals surface area contributed by atoms with Crippen LogP contribution in [-0.4, -0.2) is 86.6 Å². The van der Waals surface area contributed by atoms with E-state index in [0.29, 0.717) is 6.08 Å². The number of ether oxygens (including phenoxy) is 6. The van der Waals surface area contributed by atoms with Crippen LogP contribution >= 0.6 is 22.6 Å². The van der Waals surface area contributed by atoms with Gasteiger partial charge in [0.15, 0.2) is 17.9 Å². The Hall–Kier alpha value is -0.970. The lowest BCUT2D eigenvalue weighted by atomic mass is 10.1. The Morgan fingerprint density at radius 3 is 2.12 bits per heavy atom. The first kappa shape index (κ1) is 34.5. The largest absolute Gasteiger partial charge is 0.460 e. The summed E-state index contributed by atoms with van der Waals surface area (Å²) in [7, 11) is -6.98. The third kappa shape index (κ3) is 7.07. The molecule has 3 heterocycles. The van der Waals surface area contributed by atoms with Gasteiger partial charge >= 0.3 is 33.5 Å². The Kier molecular flexibility index (Phi) is 9.42. The summed E-state index contributed by atoms with van der Waals surface area (Å²) in [6, 6.07) is 0. The molecular formula is C21H23F8IO10S. The number of hydrogen-bond donors (Lipinski definition) is 0. The van der Waals surface area contributed by atoms with Gasteiger partial charge in [-0.15, -0.1) is 0 Å². The van der Waals surface area contributed by atoms with Gasteiger partial charge in [-0.25, -0.2) is 9.53 Å². The van der Waals surface area contributed by atoms with Crippen molar-refractivity contribution in [1.82, 2.24) is 0 Å². The topological polar surface area (TPSA) is 116 Å². The first-order valence-corrected chi connectivity index (χ1v) is 13.9. The van der Waals surface area contributed by atoms with Crippen LogP contribution in [-0.2, 0) is 47.5 Å². The summed E-state index contributed by atoms with van der Waals surface area (Å²) >= 11 is 1.04. The Balaban J connectivity index is 1.88. The average molecular weight is 746 g/mol. The molecule has 0 aromatic rings. The lowest BCUT2D eigenvalue weighted by molar-refractivity contribution is -0.448. The van der Waals surface area contributed by atoms with E-state index in [4.69, 9.17) is 23.7 Å². The van der Waals surface area contributed by atoms with Crippen molar-refractivity contribution < 1.29 is 80.9 Å². The van der Waals surface area contributed by atoms with Gasteiger partial charge in [-0.2, -0.15) is 43.5 Å². The molecular weight excluding hydrogens is 723 g/mol. The summed E-state index contributed by atoms with van der Waals surface area (Å²) < 4.78 is 173. The van der Waals surface area contributed by atoms with Crippen LogP contribution < -0.4 is 0 Å². The predicted molar refractivity (Wildman–Crippen MR) is 125 cm³/mol. The highest BCUT2D eigenvalue weighted by Crippen LogP contribution is 2.50. The summed E-state index contributed by atoms with van der Waals surface area (Å²) in [6.45, 7) is 5.19. The van der Waals surface area contributed by atoms with Crippen molar-refractivity contribution in [2.45, 2.75) is 99.8 Å². The zero-order chi connectivity index (χ0) is 31.4. The van der Waals surface area contributed by atoms with Crippen LogP contribution in [0.15, 0.2) is 15.7 Å². The molecule has 0 amide bonds. The number of rotatable bonds is 11. The van der Waals surface area contributed by atoms with Gasteiger partial charge in [-0.1, -0.05) is 0 Å². The zero-order valence-corrected chi connectivity index (χ0v) is 24.3. The molecule has 0 N–H and O–H groups in total. The summed E-state index contributed by atoms with van der Waals surface area (Å²) in [5, 5.41) is -6.67. The lowest BCUT2D eigenvalue weighted by Crippen LogP contribution is -2.57. The second kappa shape index (κ2) is 11.2. The second-order valence-electron chi connectivity index (χ2n) is 9.84. The van der Waals surface area contributed by atoms with E-state index in [1.165, 1.54) is 27.7 Å². The van der Waals surface area contributed by atoms with Crippen molar-refractivity contribution >= 4 is 38.7 Å². The molecule has 0 unspecified atom stereocenters. The van der Waals surface area contributed by atoms with Crippen LogP contribution in [0, 0.1) is 0 Å². The second-order valence-corrected chi connectivity index (χ2v) is 12.8. The smallest absolute Gasteiger partial charge is 0.348 e. The van der Waals surface area contributed by atoms with Gasteiger partial charge in [-0.3, -0.25) is 4.18 Å². The molecule has 0 aromatic heterocycles. The molecule has 0 radical (unpaired) electrons. The first-order valence-electron chi connectivity index (χ1n) is 11.4. The van der Waals surface area contributed by atoms with Crippen molar-refractivity contribution in [1.29, 1.82) is 0 Å². The van der Waals surface area contributed by atoms with Crippen molar-refractivity contribution in [2.24, 2.45) is 0 Å². The fraction of sp³-hybridized carbons (Fsp3) is 0.810. The number of allylic oxidation sites excluding steroid dienone is 2. The van der Waals surface area contributed by atoms with E-state index in [9.17, 15) is 48.3 Å². The number of carbonyl (C=O) groups excluding carboxylic acids is 1. The third-order valence-electron chi connectivity index (χ3n) is 5.68. The Morgan fingerprint density at radius 1 is 0.976 bits per heavy atom. The van der Waals surface area contributed by atoms with Crippen LogP contribution in [0.1, 0.15) is 34.1 Å². The molecule has 0 spiro atoms. The summed E-state index contributed by atoms with van der Waals surface area (Å²) in [4.78, 5) is 10.1. The van der Waals surface area contributed by atoms with Gasteiger partial charge in [0.2, 0.25) is 0 Å². The van der Waals surface area contributed by atoms with Gasteiger partial charge in [-0.05, 0) is 53.9 Å². The van der Waals surface area contributed by atoms with Crippen LogP contribution in [0.3, 0.4) is 0 Å². The highest BCUT2D eigenvalue weighted by molar-refractivity contribution is 14.1. The average Bonchev–Trinajstić information content (AvgIpc) is 3.40. The van der Waals surface area contributed by atoms with Crippen LogP contribution in [0.5, 0.6) is 0 Å². The molecule has 41 heavy (non-hydrogen) atoms. The van der Waals surface area contributed by atoms with Gasteiger partial charge in [0.25, 0.3) is 0 Å². The number of halogens is 9. The molecule has 236 valence electrons. The predicted octanol–water partition coefficient (Wildman–Crippen LogP) is 4.26. The fourth-order valence-corrected chi connectivity index (χ4v) is 5.49. The van der Waals surface area contributed by atoms with Gasteiger partial charge in [0.1, 0.15) is 30.4 Å². The van der Waals surface area contributed by atoms with Crippen molar-refractivity contribution in [3.8, 4) is 0 Å². The molecule has 0 saturated carbocycles. The molecule has 0 aromatic carbocycles. The van der Waals surface area contributed by atoms with E-state index in [-0.39, 0.29) is 6.61 Å². The molecule has 3 aliphatic heterocycles. The van der Waals surface area contributed by atoms with Crippen LogP contribution in [0.25, 0.3) is 0 Å². The minimum atomic E-state index is -6.98. The zero-order valence-electron chi connectivity index (χ0n) is 21.3. The Labute approximate surface area is 241 Å². The highest BCUT2D eigenvalue weighted by Gasteiger charge is 2.75. The van der Waals surface area contributed by atoms with E-state index < -0.39 is 91.9 Å². The fourth-order valence-electron chi connectivity index (χ4n) is 3.91. The maximum absolute atomic E-state index is 14.7. The SMILES string of the molecule is CC1(C)O[C@H]2O[C@H]([C@H]3COC(C)(C)O3)[C@@H](OS(=O)(=O)C(F)(F)C(F)(F)OC(F)(F)C(F)(F)C=C(I)CC=C=O)[C@H]2O1. The number of hydrogen-bond acceptors (Lipinski definition) is 10. The van der Waals surface area contributed by atoms with E-state index in [0.717, 1.165) is 28.5 Å². The monoisotopic (exact) mass is 746 g/mol. The quantitative estimate of drug-likeness (QED) is 0.132. The standard InChI is InChI=1S/C21H23F8IO10S/c1-16(2)34-9-11(36-16)12-13(14-15(35-12)38-17(3,4)37-14)39-41(32,33)21(28,29)20(26,27)40-19(24,25)18(22,23)8-10(30)6-5-7-31/h5,8,11-15H,6,9H2,1-4H3/t11-,12-,13-,14-,15-/m1/s1. The van der Waals surface area contributed by atoms with Gasteiger partial charge < -0.3 is 23.7 Å². The Bertz CT molecular complexity index is 1190. The normalized spacial score (nSPS) is 30.8. The van der Waals surface area contributed by atoms with Crippen molar-refractivity contribution in [2.75, 3.05) is 6.61 Å². The van der Waals surface area contributed by atoms with Crippen LogP contribution in [0.4, 0.5) is 35.1 Å². The van der Waals surface area contributed by atoms with Gasteiger partial charge in [0, 0.05) is 18.6 Å². The Morgan fingerprint density at radius 2 is 1.59 bits per heavy atom. The number of alkyl halides is 8. The molecule has 10 nitrogen and oxygen atoms in total. The molecule has 3 rings (SSSR count). The molecule has 0 bridgehead atoms. The summed E-state index contributed by atoms with van der Waals surface area (Å²) in [5.74, 6) is -7.29. The molecule has 20 heteroatoms. The van der Waals surface area contributed by atoms with Crippen LogP contribution in [0.2, 0.25) is 0 Å². The van der Waals surface area contributed by atoms with Crippen molar-refractivity contribution in [3.05, 3.63) is 15.7 Å². The lowest BCUT2D eigenvalue weighted by Gasteiger charge is -2.33. The first-order chi connectivity index (χ1) is 18.4. The minimum Gasteiger partial charge on any atom is -0.348 e. The van der Waals surface area contributed by atoms with E-state index >= 15 is 0 Å². The molecule has 0 aliphatic carbocycles. The van der Waals surface area contributed by atoms with E-state index in [2.05, 4.69) is 8.92 Å². The molecule has 5 atom stereocenters. The maximum atomic E-state index is 14.7. The van der Waals surface area contributed by atoms with E-state index in [1.807, 2.05) is 0 Å². The summed E-state index contributed by atoms with van der Waals surface area (Å²) in [6.07, 6.45) is -22.1. The molecule has 3 saturated heterocycles.